The molecule has 2 aromatic rings. The normalized spacial score (nSPS) is 26.5. The molecule has 5 aliphatic carbocycles. The van der Waals surface area contributed by atoms with Crippen molar-refractivity contribution in [2.24, 2.45) is 17.8 Å². The fraction of sp³-hybridized carbons (Fsp3) is 0.611. The number of halogens is 2. The lowest BCUT2D eigenvalue weighted by atomic mass is 9.48. The lowest BCUT2D eigenvalue weighted by Gasteiger charge is -2.57. The van der Waals surface area contributed by atoms with Gasteiger partial charge in [0.1, 0.15) is 12.6 Å². The van der Waals surface area contributed by atoms with Crippen LogP contribution in [-0.4, -0.2) is 50.0 Å². The lowest BCUT2D eigenvalue weighted by Crippen LogP contribution is -2.54. The zero-order valence-corrected chi connectivity index (χ0v) is 29.3. The highest BCUT2D eigenvalue weighted by atomic mass is 35.5. The number of sulfonamides is 1. The van der Waals surface area contributed by atoms with Crippen LogP contribution in [0.25, 0.3) is 0 Å². The first-order valence-corrected chi connectivity index (χ1v) is 19.7. The molecule has 46 heavy (non-hydrogen) atoms. The van der Waals surface area contributed by atoms with Gasteiger partial charge in [-0.15, -0.1) is 0 Å². The second kappa shape index (κ2) is 13.7. The molecular formula is C36H47Cl2N3O4S. The monoisotopic (exact) mass is 687 g/mol. The summed E-state index contributed by atoms with van der Waals surface area (Å²) >= 11 is 13.1. The van der Waals surface area contributed by atoms with Gasteiger partial charge < -0.3 is 10.2 Å². The number of carbonyl (C=O) groups is 2. The average molecular weight is 689 g/mol. The number of nitrogens with zero attached hydrogens (tertiary/aromatic N) is 2. The number of anilines is 1. The van der Waals surface area contributed by atoms with Gasteiger partial charge in [0.15, 0.2) is 0 Å². The molecule has 2 amide bonds. The third-order valence-electron chi connectivity index (χ3n) is 11.2. The zero-order valence-electron chi connectivity index (χ0n) is 27.0. The zero-order chi connectivity index (χ0) is 32.6. The number of nitrogens with one attached hydrogen (secondary N) is 1. The third kappa shape index (κ3) is 7.09. The largest absolute Gasteiger partial charge is 0.352 e. The molecule has 5 fully saturated rings. The first-order valence-electron chi connectivity index (χ1n) is 17.1. The molecule has 0 aromatic heterocycles. The Bertz CT molecular complexity index is 1490. The Kier molecular flexibility index (Phi) is 9.99. The van der Waals surface area contributed by atoms with Crippen LogP contribution in [0.3, 0.4) is 0 Å². The van der Waals surface area contributed by atoms with Crippen molar-refractivity contribution in [1.82, 2.24) is 10.2 Å². The predicted octanol–water partition coefficient (Wildman–Crippen LogP) is 7.48. The molecule has 250 valence electrons. The van der Waals surface area contributed by atoms with Crippen LogP contribution in [0.15, 0.2) is 42.5 Å². The maximum atomic E-state index is 14.2. The van der Waals surface area contributed by atoms with Crippen molar-refractivity contribution in [3.8, 4) is 0 Å². The molecule has 1 N–H and O–H groups in total. The van der Waals surface area contributed by atoms with Gasteiger partial charge in [0.25, 0.3) is 0 Å². The van der Waals surface area contributed by atoms with Crippen molar-refractivity contribution < 1.29 is 18.0 Å². The molecule has 7 nitrogen and oxygen atoms in total. The molecule has 2 aromatic carbocycles. The highest BCUT2D eigenvalue weighted by Gasteiger charge is 2.51. The molecule has 0 heterocycles. The number of rotatable bonds is 11. The summed E-state index contributed by atoms with van der Waals surface area (Å²) in [4.78, 5) is 29.4. The van der Waals surface area contributed by atoms with Crippen LogP contribution in [0.4, 0.5) is 5.69 Å². The summed E-state index contributed by atoms with van der Waals surface area (Å²) < 4.78 is 27.6. The fourth-order valence-electron chi connectivity index (χ4n) is 9.38. The highest BCUT2D eigenvalue weighted by molar-refractivity contribution is 7.92. The van der Waals surface area contributed by atoms with Gasteiger partial charge in [-0.05, 0) is 111 Å². The fourth-order valence-corrected chi connectivity index (χ4v) is 10.7. The quantitative estimate of drug-likeness (QED) is 0.265. The summed E-state index contributed by atoms with van der Waals surface area (Å²) in [7, 11) is -3.84. The molecule has 10 heteroatoms. The van der Waals surface area contributed by atoms with Crippen LogP contribution < -0.4 is 9.62 Å². The van der Waals surface area contributed by atoms with E-state index in [1.165, 1.54) is 49.0 Å². The number of benzene rings is 2. The minimum Gasteiger partial charge on any atom is -0.352 e. The van der Waals surface area contributed by atoms with E-state index in [9.17, 15) is 18.0 Å². The van der Waals surface area contributed by atoms with Gasteiger partial charge in [0, 0.05) is 28.2 Å². The van der Waals surface area contributed by atoms with Gasteiger partial charge >= 0.3 is 0 Å². The average Bonchev–Trinajstić information content (AvgIpc) is 3.00. The molecule has 0 radical (unpaired) electrons. The Labute approximate surface area is 284 Å². The Hall–Kier alpha value is -2.29. The summed E-state index contributed by atoms with van der Waals surface area (Å²) in [5.74, 6) is 1.68. The standard InChI is InChI=1S/C36H47Cl2N3O4S/c1-3-33(35(43)39-28-8-5-4-6-9-28)40(22-30-31(37)10-7-11-32(30)38)34(42)23-41(46(2,44)45)29-14-12-27(13-15-29)36-19-24-16-25(20-36)18-26(17-24)21-36/h7,10-15,24-26,28,33H,3-6,8-9,16-23H2,1-2H3,(H,39,43). The van der Waals surface area contributed by atoms with E-state index in [2.05, 4.69) is 17.4 Å². The summed E-state index contributed by atoms with van der Waals surface area (Å²) in [5, 5.41) is 3.93. The second-order valence-electron chi connectivity index (χ2n) is 14.5. The maximum absolute atomic E-state index is 14.2. The Morgan fingerprint density at radius 1 is 0.913 bits per heavy atom. The smallest absolute Gasteiger partial charge is 0.244 e. The SMILES string of the molecule is CCC(C(=O)NC1CCCCC1)N(Cc1c(Cl)cccc1Cl)C(=O)CN(c1ccc(C23CC4CC(CC(C4)C2)C3)cc1)S(C)(=O)=O. The summed E-state index contributed by atoms with van der Waals surface area (Å²) in [5.41, 5.74) is 2.44. The molecule has 4 bridgehead atoms. The maximum Gasteiger partial charge on any atom is 0.244 e. The number of carbonyl (C=O) groups excluding carboxylic acids is 2. The van der Waals surface area contributed by atoms with Gasteiger partial charge in [-0.3, -0.25) is 13.9 Å². The van der Waals surface area contributed by atoms with Crippen molar-refractivity contribution in [2.75, 3.05) is 17.1 Å². The molecule has 1 atom stereocenters. The van der Waals surface area contributed by atoms with Crippen LogP contribution in [0, 0.1) is 17.8 Å². The van der Waals surface area contributed by atoms with Crippen LogP contribution in [-0.2, 0) is 31.6 Å². The van der Waals surface area contributed by atoms with Crippen molar-refractivity contribution >= 4 is 50.7 Å². The van der Waals surface area contributed by atoms with Crippen LogP contribution in [0.5, 0.6) is 0 Å². The molecule has 5 saturated carbocycles. The van der Waals surface area contributed by atoms with Gasteiger partial charge in [0.2, 0.25) is 21.8 Å². The topological polar surface area (TPSA) is 86.8 Å². The van der Waals surface area contributed by atoms with Gasteiger partial charge in [0.05, 0.1) is 11.9 Å². The Morgan fingerprint density at radius 3 is 2.00 bits per heavy atom. The number of hydrogen-bond acceptors (Lipinski definition) is 4. The molecule has 0 spiro atoms. The van der Waals surface area contributed by atoms with Crippen LogP contribution >= 0.6 is 23.2 Å². The third-order valence-corrected chi connectivity index (χ3v) is 13.1. The molecule has 5 aliphatic rings. The summed E-state index contributed by atoms with van der Waals surface area (Å²) in [6, 6.07) is 12.2. The first-order chi connectivity index (χ1) is 22.0. The molecule has 0 saturated heterocycles. The van der Waals surface area contributed by atoms with E-state index in [4.69, 9.17) is 23.2 Å². The number of hydrogen-bond donors (Lipinski definition) is 1. The minimum absolute atomic E-state index is 0.0174. The van der Waals surface area contributed by atoms with Crippen LogP contribution in [0.1, 0.15) is 95.1 Å². The van der Waals surface area contributed by atoms with Gasteiger partial charge in [-0.25, -0.2) is 8.42 Å². The van der Waals surface area contributed by atoms with E-state index < -0.39 is 28.5 Å². The molecule has 0 aliphatic heterocycles. The van der Waals surface area contributed by atoms with Crippen molar-refractivity contribution in [1.29, 1.82) is 0 Å². The van der Waals surface area contributed by atoms with Gasteiger partial charge in [-0.1, -0.05) is 67.6 Å². The van der Waals surface area contributed by atoms with E-state index in [0.29, 0.717) is 27.7 Å². The second-order valence-corrected chi connectivity index (χ2v) is 17.2. The number of amides is 2. The molecule has 7 rings (SSSR count). The summed E-state index contributed by atoms with van der Waals surface area (Å²) in [6.45, 7) is 1.40. The lowest BCUT2D eigenvalue weighted by molar-refractivity contribution is -0.140. The van der Waals surface area contributed by atoms with Crippen molar-refractivity contribution in [3.63, 3.8) is 0 Å². The molecular weight excluding hydrogens is 641 g/mol. The van der Waals surface area contributed by atoms with E-state index in [0.717, 1.165) is 60.4 Å². The van der Waals surface area contributed by atoms with E-state index in [1.54, 1.807) is 18.2 Å². The summed E-state index contributed by atoms with van der Waals surface area (Å²) in [6.07, 6.45) is 14.3. The van der Waals surface area contributed by atoms with Crippen molar-refractivity contribution in [3.05, 3.63) is 63.6 Å². The van der Waals surface area contributed by atoms with Gasteiger partial charge in [-0.2, -0.15) is 0 Å². The minimum atomic E-state index is -3.84. The van der Waals surface area contributed by atoms with Crippen LogP contribution in [0.2, 0.25) is 10.0 Å². The van der Waals surface area contributed by atoms with E-state index >= 15 is 0 Å². The Morgan fingerprint density at radius 2 is 1.48 bits per heavy atom. The van der Waals surface area contributed by atoms with E-state index in [1.807, 2.05) is 19.1 Å². The Balaban J connectivity index is 1.26. The highest BCUT2D eigenvalue weighted by Crippen LogP contribution is 2.60. The predicted molar refractivity (Wildman–Crippen MR) is 185 cm³/mol. The van der Waals surface area contributed by atoms with Crippen molar-refractivity contribution in [2.45, 2.75) is 108 Å². The van der Waals surface area contributed by atoms with E-state index in [-0.39, 0.29) is 23.9 Å². The first kappa shape index (κ1) is 33.6. The molecule has 1 unspecified atom stereocenters.